The SMILES string of the molecule is C=C(C)C1CC=C(COC(=O)CCCCCCC/C=C/C/C=C/CCCCC)CC1. The molecule has 0 aromatic heterocycles. The number of unbranched alkanes of at least 4 members (excludes halogenated alkanes) is 8. The summed E-state index contributed by atoms with van der Waals surface area (Å²) >= 11 is 0. The summed E-state index contributed by atoms with van der Waals surface area (Å²) in [6.07, 6.45) is 28.5. The van der Waals surface area contributed by atoms with Gasteiger partial charge in [0, 0.05) is 6.42 Å². The maximum absolute atomic E-state index is 11.9. The first-order valence-electron chi connectivity index (χ1n) is 12.4. The quantitative estimate of drug-likeness (QED) is 0.135. The molecule has 2 heteroatoms. The van der Waals surface area contributed by atoms with Crippen molar-refractivity contribution in [2.45, 2.75) is 110 Å². The molecule has 0 fully saturated rings. The van der Waals surface area contributed by atoms with Crippen LogP contribution in [0.5, 0.6) is 0 Å². The molecule has 0 aliphatic heterocycles. The van der Waals surface area contributed by atoms with Crippen LogP contribution in [-0.2, 0) is 9.53 Å². The van der Waals surface area contributed by atoms with Crippen molar-refractivity contribution in [1.29, 1.82) is 0 Å². The Balaban J connectivity index is 1.90. The van der Waals surface area contributed by atoms with Crippen molar-refractivity contribution >= 4 is 5.97 Å². The van der Waals surface area contributed by atoms with E-state index < -0.39 is 0 Å². The molecule has 170 valence electrons. The highest BCUT2D eigenvalue weighted by Crippen LogP contribution is 2.28. The average Bonchev–Trinajstić information content (AvgIpc) is 2.75. The van der Waals surface area contributed by atoms with Gasteiger partial charge in [0.2, 0.25) is 0 Å². The molecule has 1 aliphatic rings. The number of hydrogen-bond acceptors (Lipinski definition) is 2. The van der Waals surface area contributed by atoms with E-state index in [1.54, 1.807) is 0 Å². The van der Waals surface area contributed by atoms with Gasteiger partial charge in [-0.3, -0.25) is 4.79 Å². The lowest BCUT2D eigenvalue weighted by Gasteiger charge is -2.21. The van der Waals surface area contributed by atoms with Crippen LogP contribution in [0.3, 0.4) is 0 Å². The summed E-state index contributed by atoms with van der Waals surface area (Å²) in [5.74, 6) is 0.570. The molecule has 1 atom stereocenters. The van der Waals surface area contributed by atoms with Gasteiger partial charge in [-0.2, -0.15) is 0 Å². The second kappa shape index (κ2) is 18.2. The van der Waals surface area contributed by atoms with Crippen LogP contribution >= 0.6 is 0 Å². The summed E-state index contributed by atoms with van der Waals surface area (Å²) in [5.41, 5.74) is 2.55. The van der Waals surface area contributed by atoms with E-state index in [0.29, 0.717) is 18.9 Å². The molecule has 0 spiro atoms. The molecule has 0 bridgehead atoms. The molecule has 0 aromatic rings. The maximum Gasteiger partial charge on any atom is 0.306 e. The third kappa shape index (κ3) is 14.4. The van der Waals surface area contributed by atoms with E-state index in [9.17, 15) is 4.79 Å². The van der Waals surface area contributed by atoms with Crippen LogP contribution in [0.25, 0.3) is 0 Å². The first-order valence-corrected chi connectivity index (χ1v) is 12.4. The number of hydrogen-bond donors (Lipinski definition) is 0. The van der Waals surface area contributed by atoms with E-state index in [-0.39, 0.29) is 5.97 Å². The minimum absolute atomic E-state index is 0.0383. The van der Waals surface area contributed by atoms with Crippen molar-refractivity contribution in [2.24, 2.45) is 5.92 Å². The number of carbonyl (C=O) groups excluding carboxylic acids is 1. The van der Waals surface area contributed by atoms with Crippen LogP contribution in [0.1, 0.15) is 110 Å². The number of allylic oxidation sites excluding steroid dienone is 6. The molecule has 1 aliphatic carbocycles. The molecule has 0 aromatic carbocycles. The molecule has 0 radical (unpaired) electrons. The standard InChI is InChI=1S/C28H46O2/c1-4-5-6-7-8-9-10-11-12-13-14-15-16-17-18-19-28(29)30-24-26-20-22-27(23-21-26)25(2)3/h8-9,11-12,20,27H,2,4-7,10,13-19,21-24H2,1,3H3/b9-8+,12-11+. The van der Waals surface area contributed by atoms with Gasteiger partial charge in [-0.25, -0.2) is 0 Å². The molecular weight excluding hydrogens is 368 g/mol. The highest BCUT2D eigenvalue weighted by molar-refractivity contribution is 5.69. The van der Waals surface area contributed by atoms with Gasteiger partial charge in [-0.05, 0) is 76.2 Å². The van der Waals surface area contributed by atoms with Crippen LogP contribution in [0, 0.1) is 5.92 Å². The van der Waals surface area contributed by atoms with E-state index in [0.717, 1.165) is 38.5 Å². The molecule has 1 rings (SSSR count). The van der Waals surface area contributed by atoms with Gasteiger partial charge in [0.15, 0.2) is 0 Å². The van der Waals surface area contributed by atoms with Crippen LogP contribution in [-0.4, -0.2) is 12.6 Å². The van der Waals surface area contributed by atoms with Gasteiger partial charge in [0.05, 0.1) is 0 Å². The van der Waals surface area contributed by atoms with E-state index in [1.165, 1.54) is 62.5 Å². The Kier molecular flexibility index (Phi) is 16.1. The highest BCUT2D eigenvalue weighted by atomic mass is 16.5. The Morgan fingerprint density at radius 2 is 1.70 bits per heavy atom. The molecule has 30 heavy (non-hydrogen) atoms. The Labute approximate surface area is 186 Å². The zero-order valence-electron chi connectivity index (χ0n) is 19.8. The number of ether oxygens (including phenoxy) is 1. The van der Waals surface area contributed by atoms with Gasteiger partial charge in [-0.1, -0.05) is 81.6 Å². The van der Waals surface area contributed by atoms with Gasteiger partial charge >= 0.3 is 5.97 Å². The minimum Gasteiger partial charge on any atom is -0.461 e. The van der Waals surface area contributed by atoms with E-state index >= 15 is 0 Å². The minimum atomic E-state index is -0.0383. The lowest BCUT2D eigenvalue weighted by molar-refractivity contribution is -0.142. The van der Waals surface area contributed by atoms with Crippen molar-refractivity contribution in [1.82, 2.24) is 0 Å². The van der Waals surface area contributed by atoms with Crippen molar-refractivity contribution in [3.63, 3.8) is 0 Å². The van der Waals surface area contributed by atoms with Gasteiger partial charge < -0.3 is 4.74 Å². The Hall–Kier alpha value is -1.57. The zero-order chi connectivity index (χ0) is 21.9. The number of rotatable bonds is 17. The Morgan fingerprint density at radius 1 is 1.03 bits per heavy atom. The fourth-order valence-corrected chi connectivity index (χ4v) is 3.79. The number of carbonyl (C=O) groups is 1. The smallest absolute Gasteiger partial charge is 0.306 e. The predicted octanol–water partition coefficient (Wildman–Crippen LogP) is 8.65. The van der Waals surface area contributed by atoms with E-state index in [1.807, 2.05) is 0 Å². The molecule has 0 amide bonds. The van der Waals surface area contributed by atoms with Gasteiger partial charge in [-0.15, -0.1) is 0 Å². The molecular formula is C28H46O2. The summed E-state index contributed by atoms with van der Waals surface area (Å²) in [7, 11) is 0. The normalized spacial score (nSPS) is 16.9. The molecule has 0 saturated heterocycles. The van der Waals surface area contributed by atoms with Gasteiger partial charge in [0.25, 0.3) is 0 Å². The fraction of sp³-hybridized carbons (Fsp3) is 0.679. The van der Waals surface area contributed by atoms with Crippen LogP contribution in [0.2, 0.25) is 0 Å². The first kappa shape index (κ1) is 26.5. The second-order valence-corrected chi connectivity index (χ2v) is 8.82. The Bertz CT molecular complexity index is 553. The van der Waals surface area contributed by atoms with Crippen molar-refractivity contribution in [2.75, 3.05) is 6.61 Å². The van der Waals surface area contributed by atoms with Crippen molar-refractivity contribution in [3.05, 3.63) is 48.1 Å². The molecule has 2 nitrogen and oxygen atoms in total. The predicted molar refractivity (Wildman–Crippen MR) is 131 cm³/mol. The highest BCUT2D eigenvalue weighted by Gasteiger charge is 2.15. The lowest BCUT2D eigenvalue weighted by atomic mass is 9.86. The summed E-state index contributed by atoms with van der Waals surface area (Å²) in [5, 5.41) is 0. The van der Waals surface area contributed by atoms with Crippen LogP contribution in [0.15, 0.2) is 48.1 Å². The number of esters is 1. The first-order chi connectivity index (χ1) is 14.6. The monoisotopic (exact) mass is 414 g/mol. The Morgan fingerprint density at radius 3 is 2.33 bits per heavy atom. The van der Waals surface area contributed by atoms with Gasteiger partial charge in [0.1, 0.15) is 6.61 Å². The average molecular weight is 415 g/mol. The molecule has 0 saturated carbocycles. The summed E-state index contributed by atoms with van der Waals surface area (Å²) in [6.45, 7) is 8.89. The topological polar surface area (TPSA) is 26.3 Å². The van der Waals surface area contributed by atoms with E-state index in [4.69, 9.17) is 4.74 Å². The van der Waals surface area contributed by atoms with Crippen LogP contribution < -0.4 is 0 Å². The lowest BCUT2D eigenvalue weighted by Crippen LogP contribution is -2.12. The fourth-order valence-electron chi connectivity index (χ4n) is 3.79. The third-order valence-electron chi connectivity index (χ3n) is 5.95. The summed E-state index contributed by atoms with van der Waals surface area (Å²) in [6, 6.07) is 0. The largest absolute Gasteiger partial charge is 0.461 e. The molecule has 1 unspecified atom stereocenters. The maximum atomic E-state index is 11.9. The van der Waals surface area contributed by atoms with E-state index in [2.05, 4.69) is 50.8 Å². The second-order valence-electron chi connectivity index (χ2n) is 8.82. The third-order valence-corrected chi connectivity index (χ3v) is 5.95. The summed E-state index contributed by atoms with van der Waals surface area (Å²) in [4.78, 5) is 11.9. The summed E-state index contributed by atoms with van der Waals surface area (Å²) < 4.78 is 5.45. The van der Waals surface area contributed by atoms with Crippen LogP contribution in [0.4, 0.5) is 0 Å². The zero-order valence-corrected chi connectivity index (χ0v) is 19.8. The van der Waals surface area contributed by atoms with Crippen molar-refractivity contribution < 1.29 is 9.53 Å². The van der Waals surface area contributed by atoms with Crippen molar-refractivity contribution in [3.8, 4) is 0 Å². The molecule has 0 N–H and O–H groups in total. The molecule has 0 heterocycles.